The monoisotopic (exact) mass is 278 g/mol. The quantitative estimate of drug-likeness (QED) is 0.810. The van der Waals surface area contributed by atoms with Crippen molar-refractivity contribution in [2.24, 2.45) is 0 Å². The molecule has 0 spiro atoms. The number of rotatable bonds is 6. The first-order chi connectivity index (χ1) is 8.74. The molecule has 0 fully saturated rings. The van der Waals surface area contributed by atoms with Gasteiger partial charge in [-0.1, -0.05) is 26.0 Å². The van der Waals surface area contributed by atoms with E-state index < -0.39 is 0 Å². The van der Waals surface area contributed by atoms with Crippen molar-refractivity contribution in [3.8, 4) is 0 Å². The highest BCUT2D eigenvalue weighted by Crippen LogP contribution is 2.23. The van der Waals surface area contributed by atoms with Crippen LogP contribution in [0.3, 0.4) is 0 Å². The summed E-state index contributed by atoms with van der Waals surface area (Å²) in [6.07, 6.45) is 1.86. The number of nitrogens with one attached hydrogen (secondary N) is 1. The van der Waals surface area contributed by atoms with E-state index in [4.69, 9.17) is 0 Å². The third-order valence-corrected chi connectivity index (χ3v) is 4.47. The first kappa shape index (κ1) is 13.6. The van der Waals surface area contributed by atoms with E-state index in [1.54, 1.807) is 11.3 Å². The van der Waals surface area contributed by atoms with Gasteiger partial charge in [0.05, 0.1) is 5.75 Å². The van der Waals surface area contributed by atoms with Gasteiger partial charge >= 0.3 is 0 Å². The van der Waals surface area contributed by atoms with Crippen molar-refractivity contribution in [2.75, 3.05) is 0 Å². The Morgan fingerprint density at radius 3 is 2.67 bits per heavy atom. The van der Waals surface area contributed by atoms with Crippen molar-refractivity contribution in [3.63, 3.8) is 0 Å². The van der Waals surface area contributed by atoms with Gasteiger partial charge in [-0.25, -0.2) is 4.98 Å². The summed E-state index contributed by atoms with van der Waals surface area (Å²) in [4.78, 5) is 5.59. The molecule has 4 heteroatoms. The highest BCUT2D eigenvalue weighted by Gasteiger charge is 1.99. The molecule has 0 atom stereocenters. The molecular formula is C14H18N2S2. The number of hydrogen-bond acceptors (Lipinski definition) is 4. The zero-order valence-corrected chi connectivity index (χ0v) is 12.4. The van der Waals surface area contributed by atoms with E-state index >= 15 is 0 Å². The van der Waals surface area contributed by atoms with Gasteiger partial charge in [0.2, 0.25) is 0 Å². The summed E-state index contributed by atoms with van der Waals surface area (Å²) in [5.74, 6) is 0.960. The van der Waals surface area contributed by atoms with Gasteiger partial charge in [0.25, 0.3) is 0 Å². The minimum atomic E-state index is 0.531. The Bertz CT molecular complexity index is 449. The molecule has 2 nitrogen and oxygen atoms in total. The van der Waals surface area contributed by atoms with Crippen molar-refractivity contribution in [1.29, 1.82) is 0 Å². The van der Waals surface area contributed by atoms with Gasteiger partial charge in [0.15, 0.2) is 0 Å². The highest BCUT2D eigenvalue weighted by atomic mass is 32.2. The summed E-state index contributed by atoms with van der Waals surface area (Å²) >= 11 is 3.55. The Morgan fingerprint density at radius 1 is 1.28 bits per heavy atom. The van der Waals surface area contributed by atoms with Crippen molar-refractivity contribution in [2.45, 2.75) is 37.1 Å². The molecule has 1 aromatic carbocycles. The molecule has 0 aliphatic rings. The maximum absolute atomic E-state index is 4.29. The Labute approximate surface area is 117 Å². The van der Waals surface area contributed by atoms with Crippen molar-refractivity contribution in [3.05, 3.63) is 46.4 Å². The second-order valence-corrected chi connectivity index (χ2v) is 6.42. The largest absolute Gasteiger partial charge is 0.310 e. The normalized spacial score (nSPS) is 11.1. The summed E-state index contributed by atoms with van der Waals surface area (Å²) in [6.45, 7) is 5.27. The number of nitrogens with zero attached hydrogens (tertiary/aromatic N) is 1. The molecule has 0 amide bonds. The Balaban J connectivity index is 1.83. The van der Waals surface area contributed by atoms with Crippen LogP contribution in [0.15, 0.2) is 40.7 Å². The molecule has 2 aromatic rings. The highest BCUT2D eigenvalue weighted by molar-refractivity contribution is 7.98. The van der Waals surface area contributed by atoms with E-state index in [1.807, 2.05) is 23.3 Å². The lowest BCUT2D eigenvalue weighted by molar-refractivity contribution is 0.588. The van der Waals surface area contributed by atoms with Gasteiger partial charge in [-0.05, 0) is 17.7 Å². The zero-order valence-electron chi connectivity index (χ0n) is 10.7. The molecule has 2 rings (SSSR count). The lowest BCUT2D eigenvalue weighted by Gasteiger charge is -2.08. The molecule has 0 unspecified atom stereocenters. The minimum Gasteiger partial charge on any atom is -0.310 e. The zero-order chi connectivity index (χ0) is 12.8. The van der Waals surface area contributed by atoms with E-state index in [0.717, 1.165) is 12.3 Å². The molecule has 18 heavy (non-hydrogen) atoms. The summed E-state index contributed by atoms with van der Waals surface area (Å²) in [6, 6.07) is 9.30. The molecule has 0 saturated carbocycles. The minimum absolute atomic E-state index is 0.531. The molecular weight excluding hydrogens is 260 g/mol. The second kappa shape index (κ2) is 6.92. The van der Waals surface area contributed by atoms with E-state index in [9.17, 15) is 0 Å². The molecule has 1 aromatic heterocycles. The fourth-order valence-electron chi connectivity index (χ4n) is 1.49. The van der Waals surface area contributed by atoms with Crippen LogP contribution >= 0.6 is 23.1 Å². The number of benzene rings is 1. The average Bonchev–Trinajstić information content (AvgIpc) is 2.88. The van der Waals surface area contributed by atoms with Crippen LogP contribution in [-0.4, -0.2) is 11.0 Å². The van der Waals surface area contributed by atoms with E-state index in [-0.39, 0.29) is 0 Å². The maximum Gasteiger partial charge on any atom is 0.103 e. The number of hydrogen-bond donors (Lipinski definition) is 1. The average molecular weight is 278 g/mol. The Hall–Kier alpha value is -0.840. The number of thioether (sulfide) groups is 1. The summed E-state index contributed by atoms with van der Waals surface area (Å²) < 4.78 is 0. The van der Waals surface area contributed by atoms with E-state index in [2.05, 4.69) is 48.4 Å². The third kappa shape index (κ3) is 4.44. The van der Waals surface area contributed by atoms with Gasteiger partial charge in [0.1, 0.15) is 5.01 Å². The van der Waals surface area contributed by atoms with Crippen LogP contribution in [0.4, 0.5) is 0 Å². The van der Waals surface area contributed by atoms with Gasteiger partial charge < -0.3 is 5.32 Å². The van der Waals surface area contributed by atoms with Crippen molar-refractivity contribution in [1.82, 2.24) is 10.3 Å². The molecule has 0 saturated heterocycles. The predicted octanol–water partition coefficient (Wildman–Crippen LogP) is 3.93. The van der Waals surface area contributed by atoms with Crippen LogP contribution in [0, 0.1) is 0 Å². The van der Waals surface area contributed by atoms with Crippen LogP contribution in [0.25, 0.3) is 0 Å². The third-order valence-electron chi connectivity index (χ3n) is 2.48. The fraction of sp³-hybridized carbons (Fsp3) is 0.357. The van der Waals surface area contributed by atoms with Crippen LogP contribution < -0.4 is 5.32 Å². The molecule has 0 aliphatic carbocycles. The maximum atomic E-state index is 4.29. The van der Waals surface area contributed by atoms with Gasteiger partial charge in [0, 0.05) is 29.1 Å². The summed E-state index contributed by atoms with van der Waals surface area (Å²) in [5.41, 5.74) is 1.34. The first-order valence-corrected chi connectivity index (χ1v) is 7.94. The first-order valence-electron chi connectivity index (χ1n) is 6.07. The predicted molar refractivity (Wildman–Crippen MR) is 80.1 cm³/mol. The van der Waals surface area contributed by atoms with Crippen molar-refractivity contribution < 1.29 is 0 Å². The smallest absolute Gasteiger partial charge is 0.103 e. The summed E-state index contributed by atoms with van der Waals surface area (Å²) in [5, 5.41) is 6.63. The Morgan fingerprint density at radius 2 is 2.06 bits per heavy atom. The van der Waals surface area contributed by atoms with Gasteiger partial charge in [-0.15, -0.1) is 23.1 Å². The Kier molecular flexibility index (Phi) is 5.23. The lowest BCUT2D eigenvalue weighted by atomic mass is 10.2. The lowest BCUT2D eigenvalue weighted by Crippen LogP contribution is -2.21. The van der Waals surface area contributed by atoms with Crippen molar-refractivity contribution >= 4 is 23.1 Å². The van der Waals surface area contributed by atoms with E-state index in [0.29, 0.717) is 6.04 Å². The van der Waals surface area contributed by atoms with Crippen LogP contribution in [-0.2, 0) is 12.3 Å². The SMILES string of the molecule is CC(C)NCc1ccc(SCc2nccs2)cc1. The molecule has 96 valence electrons. The molecule has 1 N–H and O–H groups in total. The molecule has 0 aliphatic heterocycles. The van der Waals surface area contributed by atoms with Gasteiger partial charge in [-0.3, -0.25) is 0 Å². The number of aromatic nitrogens is 1. The molecule has 1 heterocycles. The number of thiazole rings is 1. The molecule has 0 bridgehead atoms. The van der Waals surface area contributed by atoms with Crippen LogP contribution in [0.5, 0.6) is 0 Å². The van der Waals surface area contributed by atoms with Crippen LogP contribution in [0.1, 0.15) is 24.4 Å². The summed E-state index contributed by atoms with van der Waals surface area (Å²) in [7, 11) is 0. The fourth-order valence-corrected chi connectivity index (χ4v) is 3.04. The topological polar surface area (TPSA) is 24.9 Å². The van der Waals surface area contributed by atoms with E-state index in [1.165, 1.54) is 15.5 Å². The molecule has 0 radical (unpaired) electrons. The van der Waals surface area contributed by atoms with Gasteiger partial charge in [-0.2, -0.15) is 0 Å². The van der Waals surface area contributed by atoms with Crippen LogP contribution in [0.2, 0.25) is 0 Å². The standard InChI is InChI=1S/C14H18N2S2/c1-11(2)16-9-12-3-5-13(6-4-12)18-10-14-15-7-8-17-14/h3-8,11,16H,9-10H2,1-2H3. The second-order valence-electron chi connectivity index (χ2n) is 4.39.